The first-order valence-corrected chi connectivity index (χ1v) is 5.75. The summed E-state index contributed by atoms with van der Waals surface area (Å²) in [7, 11) is 0. The van der Waals surface area contributed by atoms with Gasteiger partial charge in [-0.2, -0.15) is 0 Å². The number of carboxylic acid groups (broad SMARTS) is 1. The molecule has 3 heteroatoms. The molecule has 1 fully saturated rings. The van der Waals surface area contributed by atoms with E-state index in [0.717, 1.165) is 6.42 Å². The highest BCUT2D eigenvalue weighted by molar-refractivity contribution is 5.86. The second kappa shape index (κ2) is 5.91. The summed E-state index contributed by atoms with van der Waals surface area (Å²) in [5, 5.41) is 12.0. The van der Waals surface area contributed by atoms with Gasteiger partial charge >= 0.3 is 5.97 Å². The predicted molar refractivity (Wildman–Crippen MR) is 60.8 cm³/mol. The Morgan fingerprint density at radius 3 is 2.73 bits per heavy atom. The summed E-state index contributed by atoms with van der Waals surface area (Å²) in [6.07, 6.45) is 6.27. The van der Waals surface area contributed by atoms with Gasteiger partial charge in [0.25, 0.3) is 0 Å². The Morgan fingerprint density at radius 1 is 1.40 bits per heavy atom. The lowest BCUT2D eigenvalue weighted by Gasteiger charge is -2.22. The number of carbonyl (C=O) groups is 1. The molecule has 1 rings (SSSR count). The van der Waals surface area contributed by atoms with E-state index in [2.05, 4.69) is 18.8 Å². The van der Waals surface area contributed by atoms with Gasteiger partial charge in [-0.05, 0) is 18.8 Å². The maximum absolute atomic E-state index is 10.6. The fraction of sp³-hybridized carbons (Fsp3) is 0.750. The van der Waals surface area contributed by atoms with E-state index in [4.69, 9.17) is 5.11 Å². The number of rotatable bonds is 4. The zero-order valence-corrected chi connectivity index (χ0v) is 9.46. The standard InChI is InChI=1S/C12H21NO2/c1-9-6-4-3-5-7-11(9)13-8-10(2)12(14)15/h9,11,13H,2-8H2,1H3,(H,14,15). The van der Waals surface area contributed by atoms with E-state index in [1.54, 1.807) is 0 Å². The smallest absolute Gasteiger partial charge is 0.332 e. The van der Waals surface area contributed by atoms with Crippen LogP contribution in [0.4, 0.5) is 0 Å². The summed E-state index contributed by atoms with van der Waals surface area (Å²) in [5.74, 6) is -0.252. The second-order valence-corrected chi connectivity index (χ2v) is 4.51. The monoisotopic (exact) mass is 211 g/mol. The van der Waals surface area contributed by atoms with Gasteiger partial charge in [0.05, 0.1) is 0 Å². The minimum Gasteiger partial charge on any atom is -0.478 e. The van der Waals surface area contributed by atoms with Crippen molar-refractivity contribution >= 4 is 5.97 Å². The maximum Gasteiger partial charge on any atom is 0.332 e. The minimum atomic E-state index is -0.899. The molecule has 0 amide bonds. The average molecular weight is 211 g/mol. The highest BCUT2D eigenvalue weighted by Crippen LogP contribution is 2.22. The predicted octanol–water partition coefficient (Wildman–Crippen LogP) is 2.19. The first-order chi connectivity index (χ1) is 7.11. The van der Waals surface area contributed by atoms with E-state index in [-0.39, 0.29) is 5.57 Å². The molecule has 0 radical (unpaired) electrons. The molecule has 2 N–H and O–H groups in total. The van der Waals surface area contributed by atoms with Crippen LogP contribution in [-0.4, -0.2) is 23.7 Å². The van der Waals surface area contributed by atoms with Gasteiger partial charge in [-0.15, -0.1) is 0 Å². The van der Waals surface area contributed by atoms with Gasteiger partial charge < -0.3 is 10.4 Å². The van der Waals surface area contributed by atoms with E-state index >= 15 is 0 Å². The summed E-state index contributed by atoms with van der Waals surface area (Å²) < 4.78 is 0. The molecule has 2 unspecified atom stereocenters. The highest BCUT2D eigenvalue weighted by atomic mass is 16.4. The summed E-state index contributed by atoms with van der Waals surface area (Å²) in [4.78, 5) is 10.6. The zero-order valence-electron chi connectivity index (χ0n) is 9.46. The van der Waals surface area contributed by atoms with E-state index in [1.165, 1.54) is 25.7 Å². The molecular formula is C12H21NO2. The van der Waals surface area contributed by atoms with Crippen molar-refractivity contribution in [2.24, 2.45) is 5.92 Å². The van der Waals surface area contributed by atoms with Crippen LogP contribution < -0.4 is 5.32 Å². The fourth-order valence-electron chi connectivity index (χ4n) is 2.13. The van der Waals surface area contributed by atoms with Crippen LogP contribution in [0.5, 0.6) is 0 Å². The Hall–Kier alpha value is -0.830. The van der Waals surface area contributed by atoms with Crippen LogP contribution in [0, 0.1) is 5.92 Å². The van der Waals surface area contributed by atoms with Gasteiger partial charge in [-0.3, -0.25) is 0 Å². The van der Waals surface area contributed by atoms with E-state index < -0.39 is 5.97 Å². The van der Waals surface area contributed by atoms with Crippen molar-refractivity contribution in [2.75, 3.05) is 6.54 Å². The zero-order chi connectivity index (χ0) is 11.3. The van der Waals surface area contributed by atoms with Crippen molar-refractivity contribution in [1.29, 1.82) is 0 Å². The Labute approximate surface area is 91.6 Å². The minimum absolute atomic E-state index is 0.256. The first kappa shape index (κ1) is 12.2. The van der Waals surface area contributed by atoms with Crippen molar-refractivity contribution in [3.63, 3.8) is 0 Å². The molecule has 15 heavy (non-hydrogen) atoms. The van der Waals surface area contributed by atoms with Gasteiger partial charge in [0, 0.05) is 18.2 Å². The molecule has 1 saturated carbocycles. The van der Waals surface area contributed by atoms with Crippen LogP contribution in [-0.2, 0) is 4.79 Å². The molecule has 0 aromatic heterocycles. The van der Waals surface area contributed by atoms with E-state index in [1.807, 2.05) is 0 Å². The SMILES string of the molecule is C=C(CNC1CCCCCC1C)C(=O)O. The van der Waals surface area contributed by atoms with Crippen molar-refractivity contribution < 1.29 is 9.90 Å². The molecule has 1 aliphatic carbocycles. The maximum atomic E-state index is 10.6. The summed E-state index contributed by atoms with van der Waals surface area (Å²) in [6, 6.07) is 0.462. The second-order valence-electron chi connectivity index (χ2n) is 4.51. The van der Waals surface area contributed by atoms with Crippen molar-refractivity contribution in [3.05, 3.63) is 12.2 Å². The van der Waals surface area contributed by atoms with E-state index in [0.29, 0.717) is 18.5 Å². The molecule has 0 aromatic carbocycles. The molecule has 0 bridgehead atoms. The van der Waals surface area contributed by atoms with Crippen molar-refractivity contribution in [2.45, 2.75) is 45.1 Å². The van der Waals surface area contributed by atoms with Crippen molar-refractivity contribution in [1.82, 2.24) is 5.32 Å². The van der Waals surface area contributed by atoms with Crippen LogP contribution in [0.25, 0.3) is 0 Å². The third kappa shape index (κ3) is 4.04. The lowest BCUT2D eigenvalue weighted by molar-refractivity contribution is -0.132. The summed E-state index contributed by atoms with van der Waals surface area (Å²) in [6.45, 7) is 6.17. The molecule has 0 spiro atoms. The summed E-state index contributed by atoms with van der Waals surface area (Å²) >= 11 is 0. The molecule has 1 aliphatic rings. The fourth-order valence-corrected chi connectivity index (χ4v) is 2.13. The van der Waals surface area contributed by atoms with Crippen LogP contribution in [0.2, 0.25) is 0 Å². The van der Waals surface area contributed by atoms with Gasteiger partial charge in [-0.1, -0.05) is 32.8 Å². The molecule has 86 valence electrons. The van der Waals surface area contributed by atoms with Gasteiger partial charge in [0.2, 0.25) is 0 Å². The largest absolute Gasteiger partial charge is 0.478 e. The van der Waals surface area contributed by atoms with Crippen molar-refractivity contribution in [3.8, 4) is 0 Å². The number of carboxylic acids is 1. The van der Waals surface area contributed by atoms with E-state index in [9.17, 15) is 4.79 Å². The third-order valence-electron chi connectivity index (χ3n) is 3.24. The molecule has 2 atom stereocenters. The van der Waals surface area contributed by atoms with Gasteiger partial charge in [0.15, 0.2) is 0 Å². The molecule has 3 nitrogen and oxygen atoms in total. The van der Waals surface area contributed by atoms with Crippen LogP contribution in [0.3, 0.4) is 0 Å². The number of aliphatic carboxylic acids is 1. The Kier molecular flexibility index (Phi) is 4.82. The van der Waals surface area contributed by atoms with Crippen LogP contribution >= 0.6 is 0 Å². The Morgan fingerprint density at radius 2 is 2.07 bits per heavy atom. The molecule has 0 aliphatic heterocycles. The number of nitrogens with one attached hydrogen (secondary N) is 1. The molecule has 0 saturated heterocycles. The van der Waals surface area contributed by atoms with Crippen LogP contribution in [0.15, 0.2) is 12.2 Å². The number of hydrogen-bond acceptors (Lipinski definition) is 2. The number of hydrogen-bond donors (Lipinski definition) is 2. The lowest BCUT2D eigenvalue weighted by atomic mass is 9.97. The average Bonchev–Trinajstić information content (AvgIpc) is 2.39. The third-order valence-corrected chi connectivity index (χ3v) is 3.24. The molecule has 0 heterocycles. The Bertz CT molecular complexity index is 238. The Balaban J connectivity index is 2.35. The summed E-state index contributed by atoms with van der Waals surface area (Å²) in [5.41, 5.74) is 0.256. The topological polar surface area (TPSA) is 49.3 Å². The first-order valence-electron chi connectivity index (χ1n) is 5.75. The normalized spacial score (nSPS) is 27.0. The molecular weight excluding hydrogens is 190 g/mol. The highest BCUT2D eigenvalue weighted by Gasteiger charge is 2.19. The molecule has 0 aromatic rings. The lowest BCUT2D eigenvalue weighted by Crippen LogP contribution is -2.36. The van der Waals surface area contributed by atoms with Gasteiger partial charge in [-0.25, -0.2) is 4.79 Å². The van der Waals surface area contributed by atoms with Gasteiger partial charge in [0.1, 0.15) is 0 Å². The quantitative estimate of drug-likeness (QED) is 0.553. The van der Waals surface area contributed by atoms with Crippen LogP contribution in [0.1, 0.15) is 39.0 Å².